The zero-order valence-electron chi connectivity index (χ0n) is 21.7. The summed E-state index contributed by atoms with van der Waals surface area (Å²) in [6.07, 6.45) is 2.79. The van der Waals surface area contributed by atoms with Crippen molar-refractivity contribution in [2.45, 2.75) is 45.6 Å². The molecule has 0 radical (unpaired) electrons. The Morgan fingerprint density at radius 3 is 2.44 bits per heavy atom. The van der Waals surface area contributed by atoms with Gasteiger partial charge in [-0.3, -0.25) is 14.5 Å². The Morgan fingerprint density at radius 2 is 1.64 bits per heavy atom. The van der Waals surface area contributed by atoms with E-state index in [-0.39, 0.29) is 24.7 Å². The first-order valence-corrected chi connectivity index (χ1v) is 13.5. The molecule has 1 atom stereocenters. The van der Waals surface area contributed by atoms with E-state index in [1.165, 1.54) is 23.2 Å². The first kappa shape index (κ1) is 24.6. The number of amides is 2. The molecule has 2 amide bonds. The number of fused-ring (bicyclic) bond motifs is 3. The van der Waals surface area contributed by atoms with Gasteiger partial charge in [-0.1, -0.05) is 24.3 Å². The monoisotopic (exact) mass is 489 g/mol. The van der Waals surface area contributed by atoms with Crippen LogP contribution in [0.3, 0.4) is 0 Å². The Bertz CT molecular complexity index is 1090. The molecule has 0 spiro atoms. The van der Waals surface area contributed by atoms with Crippen LogP contribution in [0.2, 0.25) is 0 Å². The van der Waals surface area contributed by atoms with Gasteiger partial charge in [0.2, 0.25) is 11.8 Å². The summed E-state index contributed by atoms with van der Waals surface area (Å²) < 4.78 is 0. The maximum Gasteiger partial charge on any atom is 0.227 e. The van der Waals surface area contributed by atoms with Gasteiger partial charge in [-0.2, -0.15) is 0 Å². The molecule has 0 aliphatic carbocycles. The third-order valence-corrected chi connectivity index (χ3v) is 8.16. The normalized spacial score (nSPS) is 19.7. The highest BCUT2D eigenvalue weighted by atomic mass is 16.2. The summed E-state index contributed by atoms with van der Waals surface area (Å²) >= 11 is 0. The minimum atomic E-state index is -0.0369. The minimum Gasteiger partial charge on any atom is -0.369 e. The first-order valence-electron chi connectivity index (χ1n) is 13.5. The van der Waals surface area contributed by atoms with Crippen molar-refractivity contribution >= 4 is 28.9 Å². The Labute approximate surface area is 215 Å². The Hall–Kier alpha value is -3.06. The zero-order chi connectivity index (χ0) is 25.1. The molecule has 7 heteroatoms. The number of anilines is 3. The van der Waals surface area contributed by atoms with Gasteiger partial charge in [0, 0.05) is 76.9 Å². The molecule has 2 fully saturated rings. The number of nitrogens with one attached hydrogen (secondary N) is 1. The summed E-state index contributed by atoms with van der Waals surface area (Å²) in [7, 11) is 0. The summed E-state index contributed by atoms with van der Waals surface area (Å²) in [5, 5.41) is 3.03. The predicted molar refractivity (Wildman–Crippen MR) is 146 cm³/mol. The second kappa shape index (κ2) is 10.9. The average Bonchev–Trinajstić information content (AvgIpc) is 3.38. The van der Waals surface area contributed by atoms with E-state index < -0.39 is 0 Å². The van der Waals surface area contributed by atoms with E-state index >= 15 is 0 Å². The fourth-order valence-corrected chi connectivity index (χ4v) is 5.91. The average molecular weight is 490 g/mol. The van der Waals surface area contributed by atoms with Crippen molar-refractivity contribution in [3.8, 4) is 0 Å². The van der Waals surface area contributed by atoms with Crippen LogP contribution in [0.1, 0.15) is 36.8 Å². The fraction of sp³-hybridized carbons (Fsp3) is 0.517. The molecule has 2 aromatic rings. The SMILES string of the molecule is Cc1cccc(N2CCN(CCNC(=O)CCC(=O)N3C[C@H]4CCCN4c4ccccc43)CC2)c1C. The lowest BCUT2D eigenvalue weighted by atomic mass is 10.1. The van der Waals surface area contributed by atoms with Gasteiger partial charge in [0.05, 0.1) is 11.4 Å². The summed E-state index contributed by atoms with van der Waals surface area (Å²) in [4.78, 5) is 34.8. The van der Waals surface area contributed by atoms with Gasteiger partial charge in [0.1, 0.15) is 0 Å². The van der Waals surface area contributed by atoms with Crippen molar-refractivity contribution < 1.29 is 9.59 Å². The van der Waals surface area contributed by atoms with Crippen LogP contribution in [0.4, 0.5) is 17.1 Å². The van der Waals surface area contributed by atoms with Gasteiger partial charge in [0.25, 0.3) is 0 Å². The van der Waals surface area contributed by atoms with Crippen LogP contribution in [-0.2, 0) is 9.59 Å². The molecule has 1 N–H and O–H groups in total. The van der Waals surface area contributed by atoms with E-state index in [4.69, 9.17) is 0 Å². The Morgan fingerprint density at radius 1 is 0.889 bits per heavy atom. The molecule has 0 bridgehead atoms. The molecule has 36 heavy (non-hydrogen) atoms. The van der Waals surface area contributed by atoms with Gasteiger partial charge < -0.3 is 20.0 Å². The lowest BCUT2D eigenvalue weighted by Crippen LogP contribution is -2.49. The standard InChI is InChI=1S/C29H39N5O2/c1-22-7-5-11-25(23(22)2)32-19-17-31(18-20-32)16-14-30-28(35)12-13-29(36)34-21-24-8-6-15-33(24)26-9-3-4-10-27(26)34/h3-5,7,9-11,24H,6,8,12-21H2,1-2H3,(H,30,35)/t24-/m1/s1. The third-order valence-electron chi connectivity index (χ3n) is 8.16. The maximum atomic E-state index is 13.1. The van der Waals surface area contributed by atoms with E-state index in [9.17, 15) is 9.59 Å². The minimum absolute atomic E-state index is 0.0369. The number of hydrogen-bond donors (Lipinski definition) is 1. The topological polar surface area (TPSA) is 59.1 Å². The number of nitrogens with zero attached hydrogens (tertiary/aromatic N) is 4. The second-order valence-electron chi connectivity index (χ2n) is 10.4. The highest BCUT2D eigenvalue weighted by Crippen LogP contribution is 2.39. The smallest absolute Gasteiger partial charge is 0.227 e. The molecule has 2 aromatic carbocycles. The van der Waals surface area contributed by atoms with Gasteiger partial charge in [-0.15, -0.1) is 0 Å². The second-order valence-corrected chi connectivity index (χ2v) is 10.4. The van der Waals surface area contributed by atoms with Crippen LogP contribution in [0, 0.1) is 13.8 Å². The van der Waals surface area contributed by atoms with Gasteiger partial charge in [-0.25, -0.2) is 0 Å². The number of piperazine rings is 1. The lowest BCUT2D eigenvalue weighted by molar-refractivity contribution is -0.125. The molecule has 0 unspecified atom stereocenters. The van der Waals surface area contributed by atoms with E-state index in [0.29, 0.717) is 12.6 Å². The number of carbonyl (C=O) groups is 2. The van der Waals surface area contributed by atoms with Crippen molar-refractivity contribution in [3.05, 3.63) is 53.6 Å². The molecule has 3 aliphatic heterocycles. The molecule has 7 nitrogen and oxygen atoms in total. The number of rotatable bonds is 7. The lowest BCUT2D eigenvalue weighted by Gasteiger charge is -2.40. The van der Waals surface area contributed by atoms with E-state index in [1.807, 2.05) is 23.1 Å². The van der Waals surface area contributed by atoms with Crippen molar-refractivity contribution in [3.63, 3.8) is 0 Å². The van der Waals surface area contributed by atoms with Crippen LogP contribution in [0.5, 0.6) is 0 Å². The van der Waals surface area contributed by atoms with Crippen molar-refractivity contribution in [2.24, 2.45) is 0 Å². The van der Waals surface area contributed by atoms with Crippen molar-refractivity contribution in [1.29, 1.82) is 0 Å². The van der Waals surface area contributed by atoms with Crippen molar-refractivity contribution in [2.75, 3.05) is 67.1 Å². The molecule has 0 saturated carbocycles. The highest BCUT2D eigenvalue weighted by molar-refractivity contribution is 5.99. The van der Waals surface area contributed by atoms with Crippen LogP contribution < -0.4 is 20.0 Å². The number of carbonyl (C=O) groups excluding carboxylic acids is 2. The van der Waals surface area contributed by atoms with E-state index in [0.717, 1.165) is 63.6 Å². The maximum absolute atomic E-state index is 13.1. The zero-order valence-corrected chi connectivity index (χ0v) is 21.7. The van der Waals surface area contributed by atoms with Crippen molar-refractivity contribution in [1.82, 2.24) is 10.2 Å². The van der Waals surface area contributed by atoms with E-state index in [1.54, 1.807) is 0 Å². The summed E-state index contributed by atoms with van der Waals surface area (Å²) in [5.41, 5.74) is 6.18. The summed E-state index contributed by atoms with van der Waals surface area (Å²) in [6.45, 7) is 11.6. The summed E-state index contributed by atoms with van der Waals surface area (Å²) in [5.74, 6) is 0.0110. The number of hydrogen-bond acceptors (Lipinski definition) is 5. The molecular weight excluding hydrogens is 450 g/mol. The molecule has 192 valence electrons. The van der Waals surface area contributed by atoms with Crippen LogP contribution in [-0.4, -0.2) is 75.1 Å². The fourth-order valence-electron chi connectivity index (χ4n) is 5.91. The van der Waals surface area contributed by atoms with Crippen LogP contribution in [0.15, 0.2) is 42.5 Å². The van der Waals surface area contributed by atoms with Crippen LogP contribution >= 0.6 is 0 Å². The molecule has 2 saturated heterocycles. The number of aryl methyl sites for hydroxylation is 1. The van der Waals surface area contributed by atoms with Crippen LogP contribution in [0.25, 0.3) is 0 Å². The number of para-hydroxylation sites is 2. The first-order chi connectivity index (χ1) is 17.5. The predicted octanol–water partition coefficient (Wildman–Crippen LogP) is 3.34. The molecular formula is C29H39N5O2. The quantitative estimate of drug-likeness (QED) is 0.647. The van der Waals surface area contributed by atoms with Gasteiger partial charge in [-0.05, 0) is 56.0 Å². The number of benzene rings is 2. The summed E-state index contributed by atoms with van der Waals surface area (Å²) in [6, 6.07) is 15.1. The Kier molecular flexibility index (Phi) is 7.46. The highest BCUT2D eigenvalue weighted by Gasteiger charge is 2.35. The Balaban J connectivity index is 1.04. The molecule has 3 aliphatic rings. The van der Waals surface area contributed by atoms with Gasteiger partial charge in [0.15, 0.2) is 0 Å². The molecule has 0 aromatic heterocycles. The molecule has 5 rings (SSSR count). The molecule has 3 heterocycles. The van der Waals surface area contributed by atoms with Gasteiger partial charge >= 0.3 is 0 Å². The van der Waals surface area contributed by atoms with E-state index in [2.05, 4.69) is 58.1 Å². The third kappa shape index (κ3) is 5.21. The largest absolute Gasteiger partial charge is 0.369 e.